The van der Waals surface area contributed by atoms with Crippen molar-refractivity contribution in [3.05, 3.63) is 135 Å². The monoisotopic (exact) mass is 911 g/mol. The molecule has 0 saturated heterocycles. The van der Waals surface area contributed by atoms with Crippen LogP contribution in [0.5, 0.6) is 5.75 Å². The van der Waals surface area contributed by atoms with Crippen LogP contribution in [-0.2, 0) is 19.3 Å². The maximum atomic E-state index is 12.3. The molecule has 4 aromatic rings. The predicted molar refractivity (Wildman–Crippen MR) is 297 cm³/mol. The average Bonchev–Trinajstić information content (AvgIpc) is 3.35. The second-order valence-corrected chi connectivity index (χ2v) is 21.5. The Hall–Kier alpha value is -3.32. The molecule has 0 radical (unpaired) electrons. The van der Waals surface area contributed by atoms with Gasteiger partial charge in [-0.15, -0.1) is 0 Å². The number of aryl methyl sites for hydroxylation is 3. The number of hydrogen-bond donors (Lipinski definition) is 1. The summed E-state index contributed by atoms with van der Waals surface area (Å²) in [6, 6.07) is 32.4. The first-order chi connectivity index (χ1) is 32.7. The van der Waals surface area contributed by atoms with E-state index in [1.54, 1.807) is 0 Å². The van der Waals surface area contributed by atoms with E-state index in [1.807, 2.05) is 0 Å². The van der Waals surface area contributed by atoms with Gasteiger partial charge in [-0.2, -0.15) is 0 Å². The molecule has 1 nitrogen and oxygen atoms in total. The first-order valence-corrected chi connectivity index (χ1v) is 28.7. The van der Waals surface area contributed by atoms with Crippen molar-refractivity contribution >= 4 is 0 Å². The fourth-order valence-corrected chi connectivity index (χ4v) is 11.6. The van der Waals surface area contributed by atoms with Crippen LogP contribution in [0.2, 0.25) is 0 Å². The highest BCUT2D eigenvalue weighted by Gasteiger charge is 2.33. The molecule has 6 unspecified atom stereocenters. The van der Waals surface area contributed by atoms with E-state index >= 15 is 0 Å². The number of phenolic OH excluding ortho intramolecular Hbond substituents is 1. The zero-order chi connectivity index (χ0) is 48.2. The normalized spacial score (nSPS) is 14.5. The highest BCUT2D eigenvalue weighted by Crippen LogP contribution is 2.50. The Labute approximate surface area is 415 Å². The third-order valence-corrected chi connectivity index (χ3v) is 16.5. The molecule has 6 atom stereocenters. The zero-order valence-electron chi connectivity index (χ0n) is 45.1. The van der Waals surface area contributed by atoms with Crippen LogP contribution in [0.1, 0.15) is 302 Å². The van der Waals surface area contributed by atoms with Crippen LogP contribution in [0.25, 0.3) is 0 Å². The lowest BCUT2D eigenvalue weighted by molar-refractivity contribution is 0.448. The molecule has 0 fully saturated rings. The molecule has 0 aliphatic heterocycles. The van der Waals surface area contributed by atoms with Crippen LogP contribution in [0.3, 0.4) is 0 Å². The molecule has 67 heavy (non-hydrogen) atoms. The van der Waals surface area contributed by atoms with Crippen LogP contribution in [-0.4, -0.2) is 5.11 Å². The van der Waals surface area contributed by atoms with Crippen LogP contribution >= 0.6 is 0 Å². The van der Waals surface area contributed by atoms with Crippen molar-refractivity contribution in [1.29, 1.82) is 0 Å². The number of rotatable bonds is 36. The standard InChI is InChI=1S/C66H102O/c1-10-13-16-19-22-25-28-31-40-57-43-34-37-46-60(57)51(4)52(5)63-49-50-64(67)66(56(9)54(7)62-48-39-36-45-59(62)42-33-30-27-24-21-18-15-12-3)65(63)55(8)53(6)61-47-38-35-44-58(61)41-32-29-26-23-20-17-14-11-2/h34-39,43-56,67H,10-33,40-42H2,1-9H3. The molecule has 1 N–H and O–H groups in total. The molecule has 0 aliphatic rings. The summed E-state index contributed by atoms with van der Waals surface area (Å²) in [5.41, 5.74) is 13.0. The summed E-state index contributed by atoms with van der Waals surface area (Å²) in [7, 11) is 0. The molecule has 0 saturated carbocycles. The molecule has 0 bridgehead atoms. The molecule has 0 aromatic heterocycles. The first kappa shape index (κ1) is 56.3. The van der Waals surface area contributed by atoms with Crippen molar-refractivity contribution in [2.45, 2.75) is 271 Å². The molecule has 0 spiro atoms. The van der Waals surface area contributed by atoms with Gasteiger partial charge >= 0.3 is 0 Å². The summed E-state index contributed by atoms with van der Waals surface area (Å²) in [6.45, 7) is 21.7. The number of phenols is 1. The Morgan fingerprint density at radius 2 is 0.552 bits per heavy atom. The summed E-state index contributed by atoms with van der Waals surface area (Å²) >= 11 is 0. The second-order valence-electron chi connectivity index (χ2n) is 21.5. The Morgan fingerprint density at radius 3 is 0.896 bits per heavy atom. The van der Waals surface area contributed by atoms with Crippen LogP contribution in [0.4, 0.5) is 0 Å². The minimum atomic E-state index is 0.147. The second kappa shape index (κ2) is 32.5. The third-order valence-electron chi connectivity index (χ3n) is 16.5. The van der Waals surface area contributed by atoms with E-state index in [-0.39, 0.29) is 23.7 Å². The van der Waals surface area contributed by atoms with Crippen molar-refractivity contribution in [1.82, 2.24) is 0 Å². The van der Waals surface area contributed by atoms with Gasteiger partial charge in [0.1, 0.15) is 5.75 Å². The summed E-state index contributed by atoms with van der Waals surface area (Å²) in [5.74, 6) is 2.04. The molecule has 4 rings (SSSR count). The summed E-state index contributed by atoms with van der Waals surface area (Å²) in [5, 5.41) is 12.3. The molecule has 372 valence electrons. The van der Waals surface area contributed by atoms with Gasteiger partial charge in [-0.3, -0.25) is 0 Å². The average molecular weight is 912 g/mol. The van der Waals surface area contributed by atoms with Gasteiger partial charge in [0, 0.05) is 5.56 Å². The van der Waals surface area contributed by atoms with Crippen molar-refractivity contribution in [2.75, 3.05) is 0 Å². The highest BCUT2D eigenvalue weighted by atomic mass is 16.3. The Bertz CT molecular complexity index is 1900. The minimum Gasteiger partial charge on any atom is -0.508 e. The van der Waals surface area contributed by atoms with Crippen molar-refractivity contribution in [3.8, 4) is 5.75 Å². The van der Waals surface area contributed by atoms with Crippen molar-refractivity contribution < 1.29 is 5.11 Å². The highest BCUT2D eigenvalue weighted by molar-refractivity contribution is 5.53. The lowest BCUT2D eigenvalue weighted by Gasteiger charge is -2.35. The van der Waals surface area contributed by atoms with Crippen LogP contribution < -0.4 is 0 Å². The maximum absolute atomic E-state index is 12.3. The Kier molecular flexibility index (Phi) is 27.3. The van der Waals surface area contributed by atoms with Crippen molar-refractivity contribution in [2.24, 2.45) is 0 Å². The summed E-state index contributed by atoms with van der Waals surface area (Å²) < 4.78 is 0. The lowest BCUT2D eigenvalue weighted by atomic mass is 9.70. The van der Waals surface area contributed by atoms with E-state index < -0.39 is 0 Å². The fraction of sp³-hybridized carbons (Fsp3) is 0.636. The van der Waals surface area contributed by atoms with E-state index in [4.69, 9.17) is 0 Å². The Balaban J connectivity index is 1.67. The third kappa shape index (κ3) is 18.2. The number of hydrogen-bond acceptors (Lipinski definition) is 1. The topological polar surface area (TPSA) is 20.2 Å². The van der Waals surface area contributed by atoms with E-state index in [2.05, 4.69) is 147 Å². The summed E-state index contributed by atoms with van der Waals surface area (Å²) in [6.07, 6.45) is 35.8. The lowest BCUT2D eigenvalue weighted by Crippen LogP contribution is -2.19. The van der Waals surface area contributed by atoms with Gasteiger partial charge in [0.15, 0.2) is 0 Å². The fourth-order valence-electron chi connectivity index (χ4n) is 11.6. The van der Waals surface area contributed by atoms with Gasteiger partial charge in [-0.1, -0.05) is 276 Å². The Morgan fingerprint density at radius 1 is 0.284 bits per heavy atom. The predicted octanol–water partition coefficient (Wildman–Crippen LogP) is 21.2. The van der Waals surface area contributed by atoms with E-state index in [1.165, 1.54) is 204 Å². The molecule has 1 heteroatoms. The van der Waals surface area contributed by atoms with E-state index in [0.717, 1.165) is 19.3 Å². The van der Waals surface area contributed by atoms with Crippen LogP contribution in [0, 0.1) is 0 Å². The number of aromatic hydroxyl groups is 1. The molecule has 0 heterocycles. The molecule has 0 aliphatic carbocycles. The van der Waals surface area contributed by atoms with E-state index in [0.29, 0.717) is 17.6 Å². The summed E-state index contributed by atoms with van der Waals surface area (Å²) in [4.78, 5) is 0. The van der Waals surface area contributed by atoms with Crippen molar-refractivity contribution in [3.63, 3.8) is 0 Å². The van der Waals surface area contributed by atoms with Gasteiger partial charge < -0.3 is 5.11 Å². The van der Waals surface area contributed by atoms with E-state index in [9.17, 15) is 5.11 Å². The number of benzene rings is 4. The van der Waals surface area contributed by atoms with Crippen LogP contribution in [0.15, 0.2) is 84.9 Å². The van der Waals surface area contributed by atoms with Gasteiger partial charge in [0.25, 0.3) is 0 Å². The molecular formula is C66H102O. The van der Waals surface area contributed by atoms with Gasteiger partial charge in [-0.25, -0.2) is 0 Å². The smallest absolute Gasteiger partial charge is 0.119 e. The molecule has 4 aromatic carbocycles. The maximum Gasteiger partial charge on any atom is 0.119 e. The first-order valence-electron chi connectivity index (χ1n) is 28.7. The SMILES string of the molecule is CCCCCCCCCCc1ccccc1C(C)C(C)c1ccc(O)c(C(C)C(C)c2ccccc2CCCCCCCCCC)c1C(C)C(C)c1ccccc1CCCCCCCCCC. The zero-order valence-corrected chi connectivity index (χ0v) is 45.1. The molecule has 0 amide bonds. The van der Waals surface area contributed by atoms with Gasteiger partial charge in [0.2, 0.25) is 0 Å². The number of unbranched alkanes of at least 4 members (excludes halogenated alkanes) is 21. The van der Waals surface area contributed by atoms with Gasteiger partial charge in [-0.05, 0) is 125 Å². The largest absolute Gasteiger partial charge is 0.508 e. The quantitative estimate of drug-likeness (QED) is 0.0451. The molecular weight excluding hydrogens is 809 g/mol. The van der Waals surface area contributed by atoms with Gasteiger partial charge in [0.05, 0.1) is 0 Å². The minimum absolute atomic E-state index is 0.147.